The van der Waals surface area contributed by atoms with Gasteiger partial charge in [0.15, 0.2) is 6.04 Å². The summed E-state index contributed by atoms with van der Waals surface area (Å²) in [6.45, 7) is 6.96. The number of ether oxygens (including phenoxy) is 2. The number of carbonyl (C=O) groups is 4. The number of benzene rings is 1. The van der Waals surface area contributed by atoms with Crippen LogP contribution in [0.25, 0.3) is 0 Å². The average Bonchev–Trinajstić information content (AvgIpc) is 3.19. The van der Waals surface area contributed by atoms with Crippen molar-refractivity contribution in [2.75, 3.05) is 37.4 Å². The summed E-state index contributed by atoms with van der Waals surface area (Å²) in [6, 6.07) is 5.94. The van der Waals surface area contributed by atoms with Crippen molar-refractivity contribution in [1.82, 2.24) is 9.80 Å². The van der Waals surface area contributed by atoms with Crippen molar-refractivity contribution in [2.24, 2.45) is 0 Å². The number of hydrogen-bond acceptors (Lipinski definition) is 7. The molecule has 2 heterocycles. The number of rotatable bonds is 8. The maximum atomic E-state index is 12.9. The molecule has 1 aromatic carbocycles. The number of carbonyl (C=O) groups excluding carboxylic acids is 4. The lowest BCUT2D eigenvalue weighted by Crippen LogP contribution is -2.52. The predicted molar refractivity (Wildman–Crippen MR) is 125 cm³/mol. The van der Waals surface area contributed by atoms with E-state index in [0.29, 0.717) is 48.2 Å². The van der Waals surface area contributed by atoms with E-state index in [0.717, 1.165) is 0 Å². The van der Waals surface area contributed by atoms with Gasteiger partial charge in [-0.1, -0.05) is 13.8 Å². The summed E-state index contributed by atoms with van der Waals surface area (Å²) >= 11 is 1.57. The van der Waals surface area contributed by atoms with Gasteiger partial charge in [0.25, 0.3) is 5.91 Å². The fourth-order valence-electron chi connectivity index (χ4n) is 3.92. The van der Waals surface area contributed by atoms with Crippen LogP contribution < -0.4 is 5.32 Å². The Morgan fingerprint density at radius 1 is 1.18 bits per heavy atom. The van der Waals surface area contributed by atoms with Crippen molar-refractivity contribution < 1.29 is 28.7 Å². The van der Waals surface area contributed by atoms with Gasteiger partial charge in [-0.25, -0.2) is 9.59 Å². The smallest absolute Gasteiger partial charge is 0.410 e. The zero-order valence-electron chi connectivity index (χ0n) is 19.2. The topological polar surface area (TPSA) is 105 Å². The molecule has 3 amide bonds. The maximum absolute atomic E-state index is 12.9. The lowest BCUT2D eigenvalue weighted by molar-refractivity contribution is -0.148. The molecule has 2 saturated heterocycles. The third-order valence-electron chi connectivity index (χ3n) is 5.58. The highest BCUT2D eigenvalue weighted by Crippen LogP contribution is 2.25. The minimum Gasteiger partial charge on any atom is -0.464 e. The SMILES string of the molecule is CCOC(=O)C1COC(=O)N1C1CCN(C(=O)c2ccc(NC(=O)CSC(C)C)cc2)CC1. The van der Waals surface area contributed by atoms with Crippen molar-refractivity contribution in [3.05, 3.63) is 29.8 Å². The first-order valence-corrected chi connectivity index (χ1v) is 12.3. The first-order chi connectivity index (χ1) is 15.8. The summed E-state index contributed by atoms with van der Waals surface area (Å²) in [5, 5.41) is 3.22. The summed E-state index contributed by atoms with van der Waals surface area (Å²) in [5.41, 5.74) is 1.19. The molecule has 0 spiro atoms. The van der Waals surface area contributed by atoms with Gasteiger partial charge in [0.1, 0.15) is 6.61 Å². The second-order valence-electron chi connectivity index (χ2n) is 8.26. The van der Waals surface area contributed by atoms with E-state index in [1.807, 2.05) is 13.8 Å². The Bertz CT molecular complexity index is 867. The Morgan fingerprint density at radius 2 is 1.85 bits per heavy atom. The molecule has 180 valence electrons. The van der Waals surface area contributed by atoms with Gasteiger partial charge in [-0.3, -0.25) is 14.5 Å². The highest BCUT2D eigenvalue weighted by atomic mass is 32.2. The fourth-order valence-corrected chi connectivity index (χ4v) is 4.48. The van der Waals surface area contributed by atoms with Crippen molar-refractivity contribution in [3.8, 4) is 0 Å². The van der Waals surface area contributed by atoms with E-state index >= 15 is 0 Å². The minimum absolute atomic E-state index is 0.00411. The second kappa shape index (κ2) is 11.4. The van der Waals surface area contributed by atoms with Gasteiger partial charge in [0.05, 0.1) is 12.4 Å². The van der Waals surface area contributed by atoms with Gasteiger partial charge >= 0.3 is 12.1 Å². The van der Waals surface area contributed by atoms with Crippen molar-refractivity contribution in [3.63, 3.8) is 0 Å². The minimum atomic E-state index is -0.730. The van der Waals surface area contributed by atoms with E-state index in [1.165, 1.54) is 4.90 Å². The summed E-state index contributed by atoms with van der Waals surface area (Å²) in [4.78, 5) is 52.5. The lowest BCUT2D eigenvalue weighted by atomic mass is 10.0. The molecule has 3 rings (SSSR count). The van der Waals surface area contributed by atoms with Crippen LogP contribution in [-0.2, 0) is 19.1 Å². The first kappa shape index (κ1) is 24.9. The number of nitrogens with one attached hydrogen (secondary N) is 1. The second-order valence-corrected chi connectivity index (χ2v) is 9.83. The molecule has 0 bridgehead atoms. The Labute approximate surface area is 198 Å². The van der Waals surface area contributed by atoms with Crippen molar-refractivity contribution in [1.29, 1.82) is 0 Å². The quantitative estimate of drug-likeness (QED) is 0.574. The molecule has 33 heavy (non-hydrogen) atoms. The molecule has 1 N–H and O–H groups in total. The van der Waals surface area contributed by atoms with Crippen LogP contribution in [-0.4, -0.2) is 83.1 Å². The van der Waals surface area contributed by atoms with E-state index in [4.69, 9.17) is 9.47 Å². The van der Waals surface area contributed by atoms with Gasteiger partial charge in [-0.15, -0.1) is 11.8 Å². The Balaban J connectivity index is 1.53. The highest BCUT2D eigenvalue weighted by Gasteiger charge is 2.44. The third-order valence-corrected chi connectivity index (χ3v) is 6.67. The Morgan fingerprint density at radius 3 is 2.45 bits per heavy atom. The normalized spacial score (nSPS) is 18.9. The largest absolute Gasteiger partial charge is 0.464 e. The number of cyclic esters (lactones) is 1. The fraction of sp³-hybridized carbons (Fsp3) is 0.565. The zero-order valence-corrected chi connectivity index (χ0v) is 20.1. The van der Waals surface area contributed by atoms with Crippen LogP contribution in [0.2, 0.25) is 0 Å². The maximum Gasteiger partial charge on any atom is 0.410 e. The van der Waals surface area contributed by atoms with Crippen LogP contribution in [0, 0.1) is 0 Å². The van der Waals surface area contributed by atoms with Crippen LogP contribution in [0.3, 0.4) is 0 Å². The van der Waals surface area contributed by atoms with E-state index < -0.39 is 18.1 Å². The van der Waals surface area contributed by atoms with Gasteiger partial charge in [0, 0.05) is 30.4 Å². The number of anilines is 1. The van der Waals surface area contributed by atoms with E-state index in [9.17, 15) is 19.2 Å². The van der Waals surface area contributed by atoms with Gasteiger partial charge in [-0.05, 0) is 49.3 Å². The molecule has 0 radical (unpaired) electrons. The molecule has 9 nitrogen and oxygen atoms in total. The van der Waals surface area contributed by atoms with Crippen molar-refractivity contribution in [2.45, 2.75) is 50.9 Å². The van der Waals surface area contributed by atoms with Gasteiger partial charge < -0.3 is 19.7 Å². The molecular formula is C23H31N3O6S. The number of nitrogens with zero attached hydrogens (tertiary/aromatic N) is 2. The van der Waals surface area contributed by atoms with Crippen LogP contribution in [0.5, 0.6) is 0 Å². The average molecular weight is 478 g/mol. The number of thioether (sulfide) groups is 1. The molecule has 2 fully saturated rings. The van der Waals surface area contributed by atoms with Gasteiger partial charge in [0.2, 0.25) is 5.91 Å². The third kappa shape index (κ3) is 6.40. The zero-order chi connectivity index (χ0) is 24.0. The summed E-state index contributed by atoms with van der Waals surface area (Å²) in [5.74, 6) is -0.254. The van der Waals surface area contributed by atoms with Crippen LogP contribution in [0.15, 0.2) is 24.3 Å². The van der Waals surface area contributed by atoms with E-state index in [1.54, 1.807) is 47.9 Å². The molecule has 0 saturated carbocycles. The first-order valence-electron chi connectivity index (χ1n) is 11.2. The summed E-state index contributed by atoms with van der Waals surface area (Å²) in [6.07, 6.45) is 0.596. The number of esters is 1. The number of amides is 3. The van der Waals surface area contributed by atoms with Crippen molar-refractivity contribution >= 4 is 41.3 Å². The molecule has 0 aliphatic carbocycles. The highest BCUT2D eigenvalue weighted by molar-refractivity contribution is 8.00. The van der Waals surface area contributed by atoms with Crippen LogP contribution in [0.4, 0.5) is 10.5 Å². The monoisotopic (exact) mass is 477 g/mol. The van der Waals surface area contributed by atoms with Gasteiger partial charge in [-0.2, -0.15) is 0 Å². The number of likely N-dealkylation sites (tertiary alicyclic amines) is 1. The molecule has 1 aromatic rings. The predicted octanol–water partition coefficient (Wildman–Crippen LogP) is 2.76. The molecule has 2 aliphatic rings. The lowest BCUT2D eigenvalue weighted by Gasteiger charge is -2.37. The number of hydrogen-bond donors (Lipinski definition) is 1. The Kier molecular flexibility index (Phi) is 8.60. The van der Waals surface area contributed by atoms with E-state index in [-0.39, 0.29) is 31.1 Å². The van der Waals surface area contributed by atoms with Crippen LogP contribution in [0.1, 0.15) is 44.0 Å². The molecule has 1 atom stereocenters. The molecule has 2 aliphatic heterocycles. The number of piperidine rings is 1. The molecular weight excluding hydrogens is 446 g/mol. The van der Waals surface area contributed by atoms with Crippen LogP contribution >= 0.6 is 11.8 Å². The summed E-state index contributed by atoms with van der Waals surface area (Å²) < 4.78 is 10.1. The molecule has 10 heteroatoms. The summed E-state index contributed by atoms with van der Waals surface area (Å²) in [7, 11) is 0. The standard InChI is InChI=1S/C23H31N3O6S/c1-4-31-22(29)19-13-32-23(30)26(19)18-9-11-25(12-10-18)21(28)16-5-7-17(8-6-16)24-20(27)14-33-15(2)3/h5-8,15,18-19H,4,9-14H2,1-3H3,(H,24,27). The molecule has 1 unspecified atom stereocenters. The van der Waals surface area contributed by atoms with E-state index in [2.05, 4.69) is 5.32 Å². The Hall–Kier alpha value is -2.75. The molecule has 0 aromatic heterocycles.